The Morgan fingerprint density at radius 1 is 1.13 bits per heavy atom. The molecule has 0 bridgehead atoms. The van der Waals surface area contributed by atoms with Gasteiger partial charge in [0.2, 0.25) is 5.91 Å². The first-order valence-electron chi connectivity index (χ1n) is 13.3. The van der Waals surface area contributed by atoms with Crippen molar-refractivity contribution in [2.24, 2.45) is 5.41 Å². The first kappa shape index (κ1) is 25.0. The molecule has 39 heavy (non-hydrogen) atoms. The van der Waals surface area contributed by atoms with Crippen molar-refractivity contribution in [3.8, 4) is 22.6 Å². The molecule has 200 valence electrons. The van der Waals surface area contributed by atoms with E-state index in [4.69, 9.17) is 4.98 Å². The van der Waals surface area contributed by atoms with Crippen LogP contribution in [0.3, 0.4) is 0 Å². The first-order valence-corrected chi connectivity index (χ1v) is 13.3. The van der Waals surface area contributed by atoms with E-state index in [2.05, 4.69) is 35.4 Å². The molecule has 1 aliphatic heterocycles. The van der Waals surface area contributed by atoms with Gasteiger partial charge in [-0.1, -0.05) is 20.8 Å². The van der Waals surface area contributed by atoms with Gasteiger partial charge in [0, 0.05) is 54.5 Å². The highest BCUT2D eigenvalue weighted by Crippen LogP contribution is 2.34. The molecule has 10 heteroatoms. The van der Waals surface area contributed by atoms with Crippen molar-refractivity contribution < 1.29 is 9.18 Å². The van der Waals surface area contributed by atoms with Crippen LogP contribution in [0, 0.1) is 11.2 Å². The SMILES string of the molecule is CC(C)(C)CC(=O)Nc1cncc(-c2cc3c(-c4nc5nccc(N6CCCCC6)c5[nH]4)n[nH]c3cc2F)c1. The van der Waals surface area contributed by atoms with E-state index in [9.17, 15) is 4.79 Å². The number of carbonyl (C=O) groups excluding carboxylic acids is 1. The van der Waals surface area contributed by atoms with Gasteiger partial charge in [-0.3, -0.25) is 14.9 Å². The van der Waals surface area contributed by atoms with E-state index in [1.165, 1.54) is 25.3 Å². The van der Waals surface area contributed by atoms with Gasteiger partial charge in [-0.2, -0.15) is 5.10 Å². The number of amides is 1. The predicted octanol–water partition coefficient (Wildman–Crippen LogP) is 6.07. The second kappa shape index (κ2) is 9.76. The summed E-state index contributed by atoms with van der Waals surface area (Å²) in [6.07, 6.45) is 8.87. The summed E-state index contributed by atoms with van der Waals surface area (Å²) in [6.45, 7) is 8.01. The van der Waals surface area contributed by atoms with Gasteiger partial charge in [0.15, 0.2) is 11.5 Å². The summed E-state index contributed by atoms with van der Waals surface area (Å²) in [5, 5.41) is 11.0. The summed E-state index contributed by atoms with van der Waals surface area (Å²) in [6, 6.07) is 6.92. The number of hydrogen-bond acceptors (Lipinski definition) is 6. The molecule has 0 atom stereocenters. The number of benzene rings is 1. The van der Waals surface area contributed by atoms with Crippen LogP contribution in [0.25, 0.3) is 44.7 Å². The van der Waals surface area contributed by atoms with Crippen molar-refractivity contribution in [3.05, 3.63) is 48.7 Å². The molecule has 5 heterocycles. The van der Waals surface area contributed by atoms with Crippen molar-refractivity contribution in [1.29, 1.82) is 0 Å². The van der Waals surface area contributed by atoms with Gasteiger partial charge in [-0.15, -0.1) is 0 Å². The van der Waals surface area contributed by atoms with Crippen molar-refractivity contribution in [2.45, 2.75) is 46.5 Å². The molecule has 0 aliphatic carbocycles. The lowest BCUT2D eigenvalue weighted by molar-refractivity contribution is -0.117. The molecule has 5 aromatic rings. The van der Waals surface area contributed by atoms with Crippen molar-refractivity contribution in [1.82, 2.24) is 30.1 Å². The average Bonchev–Trinajstić information content (AvgIpc) is 3.51. The Labute approximate surface area is 225 Å². The number of piperidine rings is 1. The van der Waals surface area contributed by atoms with Crippen molar-refractivity contribution in [3.63, 3.8) is 0 Å². The van der Waals surface area contributed by atoms with E-state index in [1.54, 1.807) is 30.7 Å². The predicted molar refractivity (Wildman–Crippen MR) is 151 cm³/mol. The number of aromatic amines is 2. The lowest BCUT2D eigenvalue weighted by Gasteiger charge is -2.28. The lowest BCUT2D eigenvalue weighted by atomic mass is 9.92. The monoisotopic (exact) mass is 526 g/mol. The number of nitrogens with one attached hydrogen (secondary N) is 3. The average molecular weight is 527 g/mol. The fourth-order valence-corrected chi connectivity index (χ4v) is 5.19. The fourth-order valence-electron chi connectivity index (χ4n) is 5.19. The molecule has 0 spiro atoms. The first-order chi connectivity index (χ1) is 18.7. The molecule has 1 aromatic carbocycles. The number of H-pyrrole nitrogens is 2. The number of nitrogens with zero attached hydrogens (tertiary/aromatic N) is 5. The molecule has 4 aromatic heterocycles. The van der Waals surface area contributed by atoms with E-state index in [1.807, 2.05) is 26.8 Å². The van der Waals surface area contributed by atoms with Gasteiger partial charge >= 0.3 is 0 Å². The molecule has 1 aliphatic rings. The Morgan fingerprint density at radius 3 is 2.74 bits per heavy atom. The van der Waals surface area contributed by atoms with Crippen molar-refractivity contribution in [2.75, 3.05) is 23.3 Å². The number of pyridine rings is 2. The lowest BCUT2D eigenvalue weighted by Crippen LogP contribution is -2.29. The smallest absolute Gasteiger partial charge is 0.224 e. The van der Waals surface area contributed by atoms with E-state index in [0.29, 0.717) is 51.3 Å². The quantitative estimate of drug-likeness (QED) is 0.256. The van der Waals surface area contributed by atoms with Gasteiger partial charge in [0.05, 0.1) is 23.1 Å². The molecule has 6 rings (SSSR count). The normalized spacial score (nSPS) is 14.3. The zero-order valence-electron chi connectivity index (χ0n) is 22.3. The van der Waals surface area contributed by atoms with Crippen LogP contribution in [0.15, 0.2) is 42.9 Å². The molecule has 1 fully saturated rings. The maximum Gasteiger partial charge on any atom is 0.224 e. The second-order valence-electron chi connectivity index (χ2n) is 11.4. The molecule has 1 amide bonds. The Bertz CT molecular complexity index is 1680. The Morgan fingerprint density at radius 2 is 1.95 bits per heavy atom. The minimum atomic E-state index is -0.420. The third kappa shape index (κ3) is 5.06. The third-order valence-corrected chi connectivity index (χ3v) is 6.97. The number of imidazole rings is 1. The van der Waals surface area contributed by atoms with E-state index < -0.39 is 5.82 Å². The van der Waals surface area contributed by atoms with E-state index in [0.717, 1.165) is 24.3 Å². The zero-order chi connectivity index (χ0) is 27.1. The van der Waals surface area contributed by atoms with Gasteiger partial charge < -0.3 is 15.2 Å². The maximum atomic E-state index is 15.3. The van der Waals surface area contributed by atoms with E-state index in [-0.39, 0.29) is 11.3 Å². The fraction of sp³-hybridized carbons (Fsp3) is 0.345. The van der Waals surface area contributed by atoms with Crippen LogP contribution >= 0.6 is 0 Å². The summed E-state index contributed by atoms with van der Waals surface area (Å²) in [4.78, 5) is 31.7. The van der Waals surface area contributed by atoms with Gasteiger partial charge in [-0.05, 0) is 42.9 Å². The van der Waals surface area contributed by atoms with Crippen LogP contribution in [0.5, 0.6) is 0 Å². The topological polar surface area (TPSA) is 115 Å². The number of rotatable bonds is 5. The van der Waals surface area contributed by atoms with Crippen LogP contribution in [0.1, 0.15) is 46.5 Å². The van der Waals surface area contributed by atoms with Crippen molar-refractivity contribution >= 4 is 39.3 Å². The Balaban J connectivity index is 1.37. The van der Waals surface area contributed by atoms with Gasteiger partial charge in [-0.25, -0.2) is 14.4 Å². The number of hydrogen-bond donors (Lipinski definition) is 3. The Hall–Kier alpha value is -4.34. The van der Waals surface area contributed by atoms with Crippen LogP contribution in [-0.4, -0.2) is 49.1 Å². The highest BCUT2D eigenvalue weighted by atomic mass is 19.1. The van der Waals surface area contributed by atoms with Crippen LogP contribution < -0.4 is 10.2 Å². The highest BCUT2D eigenvalue weighted by Gasteiger charge is 2.21. The minimum absolute atomic E-state index is 0.114. The van der Waals surface area contributed by atoms with Crippen LogP contribution in [0.2, 0.25) is 0 Å². The maximum absolute atomic E-state index is 15.3. The summed E-state index contributed by atoms with van der Waals surface area (Å²) in [5.74, 6) is 0.0281. The molecule has 1 saturated heterocycles. The third-order valence-electron chi connectivity index (χ3n) is 6.97. The molecule has 0 radical (unpaired) electrons. The summed E-state index contributed by atoms with van der Waals surface area (Å²) >= 11 is 0. The van der Waals surface area contributed by atoms with Gasteiger partial charge in [0.25, 0.3) is 0 Å². The number of fused-ring (bicyclic) bond motifs is 2. The molecule has 0 saturated carbocycles. The Kier molecular flexibility index (Phi) is 6.25. The standard InChI is InChI=1S/C29H31FN8O/c1-29(2,3)14-24(39)33-18-11-17(15-31-16-18)19-12-20-22(13-21(19)30)36-37-25(20)28-34-26-23(7-8-32-27(26)35-28)38-9-5-4-6-10-38/h7-8,11-13,15-16H,4-6,9-10,14H2,1-3H3,(H,33,39)(H,36,37)(H,32,34,35). The number of aromatic nitrogens is 6. The molecular formula is C29H31FN8O. The zero-order valence-corrected chi connectivity index (χ0v) is 22.3. The van der Waals surface area contributed by atoms with Gasteiger partial charge in [0.1, 0.15) is 17.0 Å². The number of carbonyl (C=O) groups is 1. The molecule has 0 unspecified atom stereocenters. The summed E-state index contributed by atoms with van der Waals surface area (Å²) in [5.41, 5.74) is 4.98. The molecule has 9 nitrogen and oxygen atoms in total. The van der Waals surface area contributed by atoms with Crippen LogP contribution in [0.4, 0.5) is 15.8 Å². The largest absolute Gasteiger partial charge is 0.370 e. The number of halogens is 1. The van der Waals surface area contributed by atoms with E-state index >= 15 is 4.39 Å². The second-order valence-corrected chi connectivity index (χ2v) is 11.4. The van der Waals surface area contributed by atoms with Crippen LogP contribution in [-0.2, 0) is 4.79 Å². The molecular weight excluding hydrogens is 495 g/mol. The highest BCUT2D eigenvalue weighted by molar-refractivity contribution is 5.97. The number of anilines is 2. The minimum Gasteiger partial charge on any atom is -0.370 e. The summed E-state index contributed by atoms with van der Waals surface area (Å²) in [7, 11) is 0. The summed E-state index contributed by atoms with van der Waals surface area (Å²) < 4.78 is 15.3. The molecule has 3 N–H and O–H groups in total.